The van der Waals surface area contributed by atoms with Crippen LogP contribution in [-0.2, 0) is 12.8 Å². The number of aliphatic hydroxyl groups excluding tert-OH is 1. The van der Waals surface area contributed by atoms with Crippen molar-refractivity contribution in [3.05, 3.63) is 11.3 Å². The molecule has 134 valence electrons. The molecule has 0 bridgehead atoms. The number of piperidine rings is 1. The van der Waals surface area contributed by atoms with E-state index in [9.17, 15) is 5.11 Å². The van der Waals surface area contributed by atoms with Gasteiger partial charge in [-0.1, -0.05) is 20.3 Å². The topological polar surface area (TPSA) is 61.3 Å². The lowest BCUT2D eigenvalue weighted by atomic mass is 9.97. The Morgan fingerprint density at radius 2 is 1.83 bits per heavy atom. The van der Waals surface area contributed by atoms with Crippen LogP contribution >= 0.6 is 0 Å². The first-order valence-electron chi connectivity index (χ1n) is 9.77. The van der Waals surface area contributed by atoms with Crippen molar-refractivity contribution in [3.63, 3.8) is 0 Å². The summed E-state index contributed by atoms with van der Waals surface area (Å²) in [6, 6.07) is 0. The molecule has 0 spiro atoms. The molecule has 1 aromatic heterocycles. The molecular weight excluding hydrogens is 300 g/mol. The highest BCUT2D eigenvalue weighted by atomic mass is 16.3. The van der Waals surface area contributed by atoms with Crippen molar-refractivity contribution in [1.82, 2.24) is 9.97 Å². The van der Waals surface area contributed by atoms with Crippen molar-refractivity contribution in [3.8, 4) is 0 Å². The van der Waals surface area contributed by atoms with Crippen LogP contribution in [0.2, 0.25) is 0 Å². The molecule has 0 aromatic carbocycles. The number of aryl methyl sites for hydroxylation is 1. The number of anilines is 2. The van der Waals surface area contributed by atoms with Gasteiger partial charge in [0, 0.05) is 25.2 Å². The summed E-state index contributed by atoms with van der Waals surface area (Å²) in [6.07, 6.45) is 8.52. The zero-order chi connectivity index (χ0) is 16.9. The molecule has 1 aromatic rings. The van der Waals surface area contributed by atoms with E-state index in [2.05, 4.69) is 24.1 Å². The second kappa shape index (κ2) is 8.15. The van der Waals surface area contributed by atoms with E-state index in [0.717, 1.165) is 69.4 Å². The van der Waals surface area contributed by atoms with Crippen molar-refractivity contribution in [2.24, 2.45) is 5.92 Å². The predicted molar refractivity (Wildman–Crippen MR) is 98.7 cm³/mol. The first-order chi connectivity index (χ1) is 11.7. The zero-order valence-corrected chi connectivity index (χ0v) is 15.2. The molecule has 0 amide bonds. The normalized spacial score (nSPS) is 22.1. The minimum absolute atomic E-state index is 0.149. The van der Waals surface area contributed by atoms with E-state index >= 15 is 0 Å². The minimum Gasteiger partial charge on any atom is -0.393 e. The van der Waals surface area contributed by atoms with Gasteiger partial charge >= 0.3 is 0 Å². The fourth-order valence-electron chi connectivity index (χ4n) is 3.88. The summed E-state index contributed by atoms with van der Waals surface area (Å²) in [4.78, 5) is 12.1. The van der Waals surface area contributed by atoms with Gasteiger partial charge < -0.3 is 15.3 Å². The van der Waals surface area contributed by atoms with E-state index in [4.69, 9.17) is 9.97 Å². The van der Waals surface area contributed by atoms with Crippen molar-refractivity contribution < 1.29 is 5.11 Å². The molecule has 1 fully saturated rings. The molecular formula is C19H32N4O. The molecule has 3 rings (SSSR count). The van der Waals surface area contributed by atoms with E-state index in [1.807, 2.05) is 0 Å². The largest absolute Gasteiger partial charge is 0.393 e. The fraction of sp³-hybridized carbons (Fsp3) is 0.789. The van der Waals surface area contributed by atoms with Crippen LogP contribution in [-0.4, -0.2) is 40.8 Å². The van der Waals surface area contributed by atoms with E-state index in [1.165, 1.54) is 30.5 Å². The molecule has 2 heterocycles. The Morgan fingerprint density at radius 1 is 1.08 bits per heavy atom. The maximum Gasteiger partial charge on any atom is 0.224 e. The first kappa shape index (κ1) is 17.5. The monoisotopic (exact) mass is 332 g/mol. The number of hydrogen-bond acceptors (Lipinski definition) is 5. The van der Waals surface area contributed by atoms with Gasteiger partial charge in [0.2, 0.25) is 5.95 Å². The summed E-state index contributed by atoms with van der Waals surface area (Å²) in [5, 5.41) is 13.2. The predicted octanol–water partition coefficient (Wildman–Crippen LogP) is 3.16. The highest BCUT2D eigenvalue weighted by Crippen LogP contribution is 2.32. The summed E-state index contributed by atoms with van der Waals surface area (Å²) in [5.41, 5.74) is 2.62. The molecule has 1 aliphatic heterocycles. The smallest absolute Gasteiger partial charge is 0.224 e. The van der Waals surface area contributed by atoms with Gasteiger partial charge in [0.25, 0.3) is 0 Å². The van der Waals surface area contributed by atoms with Crippen LogP contribution in [0.4, 0.5) is 11.8 Å². The molecule has 2 aliphatic rings. The third-order valence-corrected chi connectivity index (χ3v) is 5.54. The van der Waals surface area contributed by atoms with Crippen molar-refractivity contribution in [2.75, 3.05) is 29.9 Å². The summed E-state index contributed by atoms with van der Waals surface area (Å²) in [5.74, 6) is 2.72. The summed E-state index contributed by atoms with van der Waals surface area (Å²) >= 11 is 0. The quantitative estimate of drug-likeness (QED) is 0.811. The Morgan fingerprint density at radius 3 is 2.54 bits per heavy atom. The fourth-order valence-corrected chi connectivity index (χ4v) is 3.88. The molecule has 1 atom stereocenters. The number of aromatic nitrogens is 2. The Balaban J connectivity index is 1.90. The van der Waals surface area contributed by atoms with Crippen LogP contribution in [0, 0.1) is 5.92 Å². The van der Waals surface area contributed by atoms with E-state index in [-0.39, 0.29) is 6.10 Å². The minimum atomic E-state index is -0.149. The molecule has 0 radical (unpaired) electrons. The van der Waals surface area contributed by atoms with Gasteiger partial charge in [-0.2, -0.15) is 4.98 Å². The standard InChI is InChI=1S/C19H32N4O/c1-3-11-20-19-21-17-8-6-14(4-2)5-7-16(17)18(22-19)23-12-9-15(24)10-13-23/h14-15,24H,3-13H2,1-2H3,(H,20,21,22). The van der Waals surface area contributed by atoms with Gasteiger partial charge in [-0.15, -0.1) is 0 Å². The Hall–Kier alpha value is -1.36. The van der Waals surface area contributed by atoms with Crippen LogP contribution in [0.3, 0.4) is 0 Å². The molecule has 5 nitrogen and oxygen atoms in total. The highest BCUT2D eigenvalue weighted by Gasteiger charge is 2.26. The first-order valence-corrected chi connectivity index (χ1v) is 9.77. The molecule has 5 heteroatoms. The van der Waals surface area contributed by atoms with Gasteiger partial charge in [0.1, 0.15) is 5.82 Å². The Bertz CT molecular complexity index is 540. The number of fused-ring (bicyclic) bond motifs is 1. The third-order valence-electron chi connectivity index (χ3n) is 5.54. The van der Waals surface area contributed by atoms with Crippen molar-refractivity contribution >= 4 is 11.8 Å². The molecule has 1 saturated heterocycles. The molecule has 24 heavy (non-hydrogen) atoms. The molecule has 1 unspecified atom stereocenters. The summed E-state index contributed by atoms with van der Waals surface area (Å²) in [6.45, 7) is 7.17. The summed E-state index contributed by atoms with van der Waals surface area (Å²) < 4.78 is 0. The number of nitrogens with one attached hydrogen (secondary N) is 1. The lowest BCUT2D eigenvalue weighted by Crippen LogP contribution is -2.37. The van der Waals surface area contributed by atoms with Crippen LogP contribution in [0.25, 0.3) is 0 Å². The summed E-state index contributed by atoms with van der Waals surface area (Å²) in [7, 11) is 0. The second-order valence-corrected chi connectivity index (χ2v) is 7.29. The molecule has 1 aliphatic carbocycles. The van der Waals surface area contributed by atoms with Crippen molar-refractivity contribution in [1.29, 1.82) is 0 Å². The lowest BCUT2D eigenvalue weighted by Gasteiger charge is -2.32. The van der Waals surface area contributed by atoms with Gasteiger partial charge in [0.05, 0.1) is 11.8 Å². The third kappa shape index (κ3) is 4.00. The van der Waals surface area contributed by atoms with Crippen LogP contribution in [0.5, 0.6) is 0 Å². The molecule has 0 saturated carbocycles. The van der Waals surface area contributed by atoms with Gasteiger partial charge in [-0.3, -0.25) is 0 Å². The Labute approximate surface area is 145 Å². The maximum atomic E-state index is 9.82. The van der Waals surface area contributed by atoms with Crippen LogP contribution < -0.4 is 10.2 Å². The number of aliphatic hydroxyl groups is 1. The maximum absolute atomic E-state index is 9.82. The average Bonchev–Trinajstić information content (AvgIpc) is 2.82. The van der Waals surface area contributed by atoms with E-state index < -0.39 is 0 Å². The number of nitrogens with zero attached hydrogens (tertiary/aromatic N) is 3. The lowest BCUT2D eigenvalue weighted by molar-refractivity contribution is 0.145. The van der Waals surface area contributed by atoms with Crippen LogP contribution in [0.1, 0.15) is 63.6 Å². The second-order valence-electron chi connectivity index (χ2n) is 7.29. The average molecular weight is 332 g/mol. The number of hydrogen-bond donors (Lipinski definition) is 2. The van der Waals surface area contributed by atoms with Crippen molar-refractivity contribution in [2.45, 2.75) is 71.3 Å². The van der Waals surface area contributed by atoms with Gasteiger partial charge in [0.15, 0.2) is 0 Å². The van der Waals surface area contributed by atoms with Crippen LogP contribution in [0.15, 0.2) is 0 Å². The van der Waals surface area contributed by atoms with E-state index in [1.54, 1.807) is 0 Å². The van der Waals surface area contributed by atoms with E-state index in [0.29, 0.717) is 0 Å². The van der Waals surface area contributed by atoms with Gasteiger partial charge in [-0.25, -0.2) is 4.98 Å². The Kier molecular flexibility index (Phi) is 5.93. The SMILES string of the molecule is CCCNc1nc2c(c(N3CCC(O)CC3)n1)CCC(CC)CC2. The zero-order valence-electron chi connectivity index (χ0n) is 15.2. The number of rotatable bonds is 5. The highest BCUT2D eigenvalue weighted by molar-refractivity contribution is 5.53. The molecule has 2 N–H and O–H groups in total. The van der Waals surface area contributed by atoms with Gasteiger partial charge in [-0.05, 0) is 50.9 Å².